The number of benzene rings is 10. The maximum atomic E-state index is 6.39. The Hall–Kier alpha value is -8.72. The summed E-state index contributed by atoms with van der Waals surface area (Å²) < 4.78 is 49.8. The van der Waals surface area contributed by atoms with Crippen LogP contribution in [0.1, 0.15) is 59.1 Å². The summed E-state index contributed by atoms with van der Waals surface area (Å²) in [5, 5.41) is 2.40. The van der Waals surface area contributed by atoms with Crippen LogP contribution in [0.5, 0.6) is 0 Å². The molecule has 0 saturated heterocycles. The molecule has 11 nitrogen and oxygen atoms in total. The van der Waals surface area contributed by atoms with Crippen LogP contribution in [0.4, 0.5) is 34.1 Å². The predicted molar refractivity (Wildman–Crippen MR) is 387 cm³/mol. The highest BCUT2D eigenvalue weighted by Crippen LogP contribution is 2.57. The minimum Gasteiger partial charge on any atom is -0.382 e. The average molecular weight is 1270 g/mol. The summed E-state index contributed by atoms with van der Waals surface area (Å²) in [5.41, 5.74) is 23.9. The van der Waals surface area contributed by atoms with Crippen LogP contribution in [0, 0.1) is 13.8 Å². The molecule has 10 aromatic carbocycles. The Morgan fingerprint density at radius 1 is 0.295 bits per heavy atom. The first-order chi connectivity index (χ1) is 46.8. The lowest BCUT2D eigenvalue weighted by molar-refractivity contribution is 0.0490. The topological polar surface area (TPSA) is 85.3 Å². The standard InChI is InChI=1S/C84H87N3O8/c1-60-21-34-71-73-36-32-69(58-79(73)83(77(71)55-60,39-43-92-51-47-88-3)40-44-93-52-48-89-4)86(70-33-37-74-72-35-22-61(2)56-78(72)84(80(74)59-70,41-45-94-53-49-90-5)42-46-95-54-50-91-6)66-26-23-62(24-27-66)63-25-38-82-76(57-63)75-19-13-14-20-81(75)87(82)68-30-28-67(29-31-68)85(64-15-9-7-10-16-64)65-17-11-8-12-18-65/h7-38,55-59H,39-54H2,1-6H3. The summed E-state index contributed by atoms with van der Waals surface area (Å²) in [6.45, 7) is 10.8. The van der Waals surface area contributed by atoms with Crippen molar-refractivity contribution < 1.29 is 37.9 Å². The van der Waals surface area contributed by atoms with Crippen molar-refractivity contribution in [3.63, 3.8) is 0 Å². The number of ether oxygens (including phenoxy) is 8. The molecule has 1 heterocycles. The van der Waals surface area contributed by atoms with Crippen LogP contribution in [-0.2, 0) is 48.7 Å². The van der Waals surface area contributed by atoms with Gasteiger partial charge in [-0.15, -0.1) is 0 Å². The van der Waals surface area contributed by atoms with Crippen molar-refractivity contribution in [2.75, 3.05) is 118 Å². The molecule has 0 radical (unpaired) electrons. The molecule has 1 aromatic heterocycles. The summed E-state index contributed by atoms with van der Waals surface area (Å²) in [4.78, 5) is 4.78. The zero-order chi connectivity index (χ0) is 65.1. The highest BCUT2D eigenvalue weighted by Gasteiger charge is 2.45. The number of nitrogens with zero attached hydrogens (tertiary/aromatic N) is 3. The highest BCUT2D eigenvalue weighted by atomic mass is 16.5. The lowest BCUT2D eigenvalue weighted by atomic mass is 9.72. The van der Waals surface area contributed by atoms with Crippen molar-refractivity contribution in [1.82, 2.24) is 4.57 Å². The van der Waals surface area contributed by atoms with Gasteiger partial charge in [0.25, 0.3) is 0 Å². The van der Waals surface area contributed by atoms with Gasteiger partial charge in [-0.05, 0) is 198 Å². The van der Waals surface area contributed by atoms with Gasteiger partial charge in [0.1, 0.15) is 0 Å². The van der Waals surface area contributed by atoms with Gasteiger partial charge in [-0.3, -0.25) is 0 Å². The smallest absolute Gasteiger partial charge is 0.0700 e. The van der Waals surface area contributed by atoms with E-state index < -0.39 is 10.8 Å². The molecule has 11 heteroatoms. The zero-order valence-corrected chi connectivity index (χ0v) is 55.8. The summed E-state index contributed by atoms with van der Waals surface area (Å²) in [6.07, 6.45) is 3.06. The maximum Gasteiger partial charge on any atom is 0.0700 e. The first kappa shape index (κ1) is 65.0. The van der Waals surface area contributed by atoms with E-state index >= 15 is 0 Å². The fraction of sp³-hybridized carbons (Fsp3) is 0.286. The SMILES string of the molecule is COCCOCCC1(CCOCCOC)c2cc(C)ccc2-c2ccc(N(c3ccc(-c4ccc5c(c4)c4ccccc4n5-c4ccc(N(c5ccccc5)c5ccccc5)cc4)cc3)c3ccc4c(c3)C(CCOCCOC)(CCOCCOC)c3cc(C)ccc3-4)cc21. The third kappa shape index (κ3) is 13.2. The first-order valence-corrected chi connectivity index (χ1v) is 33.5. The van der Waals surface area contributed by atoms with Gasteiger partial charge in [-0.2, -0.15) is 0 Å². The predicted octanol–water partition coefficient (Wildman–Crippen LogP) is 18.8. The number of aryl methyl sites for hydroxylation is 2. The molecule has 0 unspecified atom stereocenters. The minimum atomic E-state index is -0.419. The van der Waals surface area contributed by atoms with Crippen LogP contribution in [0.3, 0.4) is 0 Å². The molecule has 486 valence electrons. The molecule has 0 aliphatic heterocycles. The summed E-state index contributed by atoms with van der Waals surface area (Å²) in [6, 6.07) is 83.2. The minimum absolute atomic E-state index is 0.419. The fourth-order valence-corrected chi connectivity index (χ4v) is 14.8. The molecule has 0 N–H and O–H groups in total. The lowest BCUT2D eigenvalue weighted by Crippen LogP contribution is -2.30. The van der Waals surface area contributed by atoms with Crippen molar-refractivity contribution >= 4 is 55.9 Å². The molecule has 0 fully saturated rings. The number of hydrogen-bond donors (Lipinski definition) is 0. The Bertz CT molecular complexity index is 4170. The van der Waals surface area contributed by atoms with E-state index in [0.717, 1.165) is 87.7 Å². The van der Waals surface area contributed by atoms with Crippen LogP contribution in [0.2, 0.25) is 0 Å². The molecule has 0 spiro atoms. The van der Waals surface area contributed by atoms with E-state index in [9.17, 15) is 0 Å². The van der Waals surface area contributed by atoms with Gasteiger partial charge in [0.05, 0.1) is 63.9 Å². The maximum absolute atomic E-state index is 6.39. The summed E-state index contributed by atoms with van der Waals surface area (Å²) in [5.74, 6) is 0. The van der Waals surface area contributed by atoms with Crippen molar-refractivity contribution in [2.45, 2.75) is 50.4 Å². The van der Waals surface area contributed by atoms with E-state index in [1.165, 1.54) is 66.4 Å². The molecular formula is C84H87N3O8. The second-order valence-corrected chi connectivity index (χ2v) is 25.1. The Balaban J connectivity index is 0.926. The number of fused-ring (bicyclic) bond motifs is 9. The third-order valence-electron chi connectivity index (χ3n) is 19.5. The molecular weight excluding hydrogens is 1180 g/mol. The van der Waals surface area contributed by atoms with Gasteiger partial charge in [0.2, 0.25) is 0 Å². The largest absolute Gasteiger partial charge is 0.382 e. The molecule has 0 saturated carbocycles. The first-order valence-electron chi connectivity index (χ1n) is 33.5. The lowest BCUT2D eigenvalue weighted by Gasteiger charge is -2.35. The Morgan fingerprint density at radius 2 is 0.653 bits per heavy atom. The van der Waals surface area contributed by atoms with Crippen LogP contribution in [-0.4, -0.2) is 112 Å². The number of rotatable bonds is 32. The number of anilines is 6. The molecule has 11 aromatic rings. The van der Waals surface area contributed by atoms with Gasteiger partial charge in [0, 0.05) is 116 Å². The second-order valence-electron chi connectivity index (χ2n) is 25.1. The monoisotopic (exact) mass is 1270 g/mol. The van der Waals surface area contributed by atoms with E-state index in [0.29, 0.717) is 79.3 Å². The molecule has 0 amide bonds. The van der Waals surface area contributed by atoms with Crippen molar-refractivity contribution in [3.8, 4) is 39.1 Å². The van der Waals surface area contributed by atoms with Crippen LogP contribution >= 0.6 is 0 Å². The molecule has 2 aliphatic rings. The molecule has 95 heavy (non-hydrogen) atoms. The molecule has 0 atom stereocenters. The Kier molecular flexibility index (Phi) is 20.5. The number of hydrogen-bond acceptors (Lipinski definition) is 10. The van der Waals surface area contributed by atoms with Crippen molar-refractivity contribution in [2.24, 2.45) is 0 Å². The summed E-state index contributed by atoms with van der Waals surface area (Å²) >= 11 is 0. The summed E-state index contributed by atoms with van der Waals surface area (Å²) in [7, 11) is 6.89. The van der Waals surface area contributed by atoms with Crippen LogP contribution < -0.4 is 9.80 Å². The van der Waals surface area contributed by atoms with Gasteiger partial charge < -0.3 is 52.3 Å². The quantitative estimate of drug-likeness (QED) is 0.0380. The number of para-hydroxylation sites is 3. The average Bonchev–Trinajstić information content (AvgIpc) is 1.58. The molecule has 13 rings (SSSR count). The third-order valence-corrected chi connectivity index (χ3v) is 19.5. The van der Waals surface area contributed by atoms with Gasteiger partial charge in [0.15, 0.2) is 0 Å². The molecule has 0 bridgehead atoms. The number of aromatic nitrogens is 1. The van der Waals surface area contributed by atoms with E-state index in [1.807, 2.05) is 0 Å². The van der Waals surface area contributed by atoms with Gasteiger partial charge >= 0.3 is 0 Å². The normalized spacial score (nSPS) is 13.3. The van der Waals surface area contributed by atoms with Gasteiger partial charge in [-0.1, -0.05) is 132 Å². The van der Waals surface area contributed by atoms with Crippen molar-refractivity contribution in [1.29, 1.82) is 0 Å². The van der Waals surface area contributed by atoms with E-state index in [-0.39, 0.29) is 0 Å². The molecule has 2 aliphatic carbocycles. The second kappa shape index (κ2) is 29.9. The van der Waals surface area contributed by atoms with Gasteiger partial charge in [-0.25, -0.2) is 0 Å². The fourth-order valence-electron chi connectivity index (χ4n) is 14.8. The Morgan fingerprint density at radius 3 is 1.11 bits per heavy atom. The van der Waals surface area contributed by atoms with E-state index in [2.05, 4.69) is 253 Å². The van der Waals surface area contributed by atoms with E-state index in [4.69, 9.17) is 37.9 Å². The van der Waals surface area contributed by atoms with Crippen LogP contribution in [0.25, 0.3) is 60.9 Å². The number of methoxy groups -OCH3 is 4. The van der Waals surface area contributed by atoms with Crippen molar-refractivity contribution in [3.05, 3.63) is 258 Å². The highest BCUT2D eigenvalue weighted by molar-refractivity contribution is 6.10. The van der Waals surface area contributed by atoms with E-state index in [1.54, 1.807) is 28.4 Å². The Labute approximate surface area is 560 Å². The van der Waals surface area contributed by atoms with Crippen LogP contribution in [0.15, 0.2) is 224 Å². The zero-order valence-electron chi connectivity index (χ0n) is 55.8.